The molecule has 0 radical (unpaired) electrons. The minimum atomic E-state index is -3.77. The molecular formula is C41H36N6O2S2. The predicted octanol–water partition coefficient (Wildman–Crippen LogP) is 8.69. The van der Waals surface area contributed by atoms with Gasteiger partial charge in [0, 0.05) is 47.4 Å². The van der Waals surface area contributed by atoms with Crippen molar-refractivity contribution >= 4 is 32.1 Å². The van der Waals surface area contributed by atoms with Crippen LogP contribution in [0.25, 0.3) is 28.0 Å². The third-order valence-corrected chi connectivity index (χ3v) is 12.6. The highest BCUT2D eigenvalue weighted by Crippen LogP contribution is 2.45. The Hall–Kier alpha value is -5.58. The molecule has 4 heterocycles. The molecule has 0 N–H and O–H groups in total. The van der Waals surface area contributed by atoms with E-state index in [0.717, 1.165) is 45.8 Å². The van der Waals surface area contributed by atoms with E-state index in [0.29, 0.717) is 5.13 Å². The second-order valence-corrected chi connectivity index (χ2v) is 15.6. The first kappa shape index (κ1) is 32.6. The van der Waals surface area contributed by atoms with E-state index >= 15 is 0 Å². The molecule has 1 aliphatic rings. The Morgan fingerprint density at radius 3 is 2.16 bits per heavy atom. The lowest BCUT2D eigenvalue weighted by Gasteiger charge is -2.41. The van der Waals surface area contributed by atoms with Gasteiger partial charge in [-0.3, -0.25) is 9.08 Å². The van der Waals surface area contributed by atoms with Gasteiger partial charge in [-0.05, 0) is 55.7 Å². The lowest BCUT2D eigenvalue weighted by Crippen LogP contribution is -2.43. The van der Waals surface area contributed by atoms with E-state index in [4.69, 9.17) is 5.10 Å². The largest absolute Gasteiger partial charge is 0.299 e. The summed E-state index contributed by atoms with van der Waals surface area (Å²) in [6.45, 7) is 3.91. The molecule has 3 aromatic carbocycles. The summed E-state index contributed by atoms with van der Waals surface area (Å²) in [5, 5.41) is 7.54. The molecule has 0 saturated heterocycles. The molecule has 8 rings (SSSR count). The summed E-state index contributed by atoms with van der Waals surface area (Å²) in [5.74, 6) is 0.124. The maximum atomic E-state index is 13.4. The number of hydrogen-bond donors (Lipinski definition) is 0. The highest BCUT2D eigenvalue weighted by molar-refractivity contribution is 7.93. The van der Waals surface area contributed by atoms with Crippen LogP contribution in [0.1, 0.15) is 28.9 Å². The standard InChI is InChI=1S/C41H36N6O2S2/c1-29-28-50-40(43-29)45(3)51(48,49)36-22-19-31(20-23-36)38-25-42-39-24-21-32(26-46(38)39)37-27-47(44-30(37)2)41(33-13-7-4-8-14-33,34-15-9-5-10-16-34)35-17-11-6-12-18-35/h4-17,19-28,35H,18H2,1-3H3. The summed E-state index contributed by atoms with van der Waals surface area (Å²) >= 11 is 1.30. The van der Waals surface area contributed by atoms with Crippen LogP contribution < -0.4 is 4.31 Å². The molecule has 0 bridgehead atoms. The highest BCUT2D eigenvalue weighted by Gasteiger charge is 2.44. The van der Waals surface area contributed by atoms with Crippen molar-refractivity contribution in [3.8, 4) is 22.4 Å². The van der Waals surface area contributed by atoms with Crippen LogP contribution in [-0.4, -0.2) is 39.6 Å². The molecular weight excluding hydrogens is 673 g/mol. The fourth-order valence-electron chi connectivity index (χ4n) is 7.13. The molecule has 51 heavy (non-hydrogen) atoms. The minimum absolute atomic E-state index is 0.124. The molecule has 8 nitrogen and oxygen atoms in total. The van der Waals surface area contributed by atoms with Gasteiger partial charge in [-0.1, -0.05) is 97.1 Å². The Morgan fingerprint density at radius 1 is 0.843 bits per heavy atom. The number of pyridine rings is 1. The molecule has 1 aliphatic carbocycles. The molecule has 0 aliphatic heterocycles. The monoisotopic (exact) mass is 708 g/mol. The first-order valence-corrected chi connectivity index (χ1v) is 19.1. The maximum absolute atomic E-state index is 13.4. The number of thiazole rings is 1. The number of anilines is 1. The molecule has 10 heteroatoms. The van der Waals surface area contributed by atoms with Crippen LogP contribution in [0.2, 0.25) is 0 Å². The number of rotatable bonds is 9. The summed E-state index contributed by atoms with van der Waals surface area (Å²) in [6, 6.07) is 32.4. The molecule has 0 fully saturated rings. The lowest BCUT2D eigenvalue weighted by molar-refractivity contribution is 0.292. The molecule has 254 valence electrons. The molecule has 7 aromatic rings. The summed E-state index contributed by atoms with van der Waals surface area (Å²) in [7, 11) is -2.24. The van der Waals surface area contributed by atoms with E-state index in [2.05, 4.69) is 129 Å². The number of sulfonamides is 1. The highest BCUT2D eigenvalue weighted by atomic mass is 32.2. The number of nitrogens with zero attached hydrogens (tertiary/aromatic N) is 6. The zero-order valence-corrected chi connectivity index (χ0v) is 30.1. The summed E-state index contributed by atoms with van der Waals surface area (Å²) in [4.78, 5) is 9.22. The molecule has 0 saturated carbocycles. The average molecular weight is 709 g/mol. The first-order chi connectivity index (χ1) is 24.8. The van der Waals surface area contributed by atoms with Crippen LogP contribution in [0.5, 0.6) is 0 Å². The van der Waals surface area contributed by atoms with Crippen molar-refractivity contribution in [2.75, 3.05) is 11.4 Å². The van der Waals surface area contributed by atoms with Gasteiger partial charge < -0.3 is 0 Å². The number of benzene rings is 3. The zero-order chi connectivity index (χ0) is 35.2. The molecule has 1 atom stereocenters. The second kappa shape index (κ2) is 12.9. The van der Waals surface area contributed by atoms with Gasteiger partial charge >= 0.3 is 0 Å². The molecule has 1 unspecified atom stereocenters. The first-order valence-electron chi connectivity index (χ1n) is 16.8. The van der Waals surface area contributed by atoms with Crippen molar-refractivity contribution < 1.29 is 8.42 Å². The Morgan fingerprint density at radius 2 is 1.53 bits per heavy atom. The predicted molar refractivity (Wildman–Crippen MR) is 204 cm³/mol. The number of hydrogen-bond acceptors (Lipinski definition) is 6. The van der Waals surface area contributed by atoms with Gasteiger partial charge in [-0.25, -0.2) is 22.7 Å². The van der Waals surface area contributed by atoms with Gasteiger partial charge in [-0.2, -0.15) is 5.10 Å². The van der Waals surface area contributed by atoms with Gasteiger partial charge in [0.15, 0.2) is 5.13 Å². The van der Waals surface area contributed by atoms with E-state index in [1.807, 2.05) is 36.7 Å². The van der Waals surface area contributed by atoms with Crippen molar-refractivity contribution in [1.29, 1.82) is 0 Å². The van der Waals surface area contributed by atoms with Crippen molar-refractivity contribution in [3.63, 3.8) is 0 Å². The quantitative estimate of drug-likeness (QED) is 0.150. The van der Waals surface area contributed by atoms with Crippen LogP contribution in [0.3, 0.4) is 0 Å². The second-order valence-electron chi connectivity index (χ2n) is 12.8. The summed E-state index contributed by atoms with van der Waals surface area (Å²) in [6.07, 6.45) is 15.8. The molecule has 0 spiro atoms. The number of aryl methyl sites for hydroxylation is 2. The van der Waals surface area contributed by atoms with Crippen molar-refractivity contribution in [1.82, 2.24) is 24.1 Å². The van der Waals surface area contributed by atoms with Gasteiger partial charge in [0.25, 0.3) is 10.0 Å². The van der Waals surface area contributed by atoms with Crippen LogP contribution in [0.4, 0.5) is 5.13 Å². The van der Waals surface area contributed by atoms with E-state index in [9.17, 15) is 8.42 Å². The number of imidazole rings is 1. The van der Waals surface area contributed by atoms with Crippen molar-refractivity contribution in [3.05, 3.63) is 168 Å². The Kier molecular flexibility index (Phi) is 8.28. The van der Waals surface area contributed by atoms with Crippen LogP contribution in [0, 0.1) is 19.8 Å². The van der Waals surface area contributed by atoms with E-state index in [1.54, 1.807) is 12.1 Å². The molecule has 4 aromatic heterocycles. The zero-order valence-electron chi connectivity index (χ0n) is 28.5. The lowest BCUT2D eigenvalue weighted by atomic mass is 9.70. The SMILES string of the molecule is Cc1csc(N(C)S(=O)(=O)c2ccc(-c3cnc4ccc(-c5cn(C(c6ccccc6)(c6ccccc6)C6C=CC=CC6)nc5C)cn34)cc2)n1. The van der Waals surface area contributed by atoms with E-state index in [1.165, 1.54) is 33.8 Å². The smallest absolute Gasteiger partial charge is 0.265 e. The number of allylic oxidation sites excluding steroid dienone is 4. The normalized spacial score (nSPS) is 14.7. The van der Waals surface area contributed by atoms with Gasteiger partial charge in [-0.15, -0.1) is 11.3 Å². The van der Waals surface area contributed by atoms with Crippen molar-refractivity contribution in [2.24, 2.45) is 5.92 Å². The van der Waals surface area contributed by atoms with Gasteiger partial charge in [0.05, 0.1) is 28.2 Å². The number of aromatic nitrogens is 5. The molecule has 0 amide bonds. The third kappa shape index (κ3) is 5.60. The van der Waals surface area contributed by atoms with E-state index in [-0.39, 0.29) is 10.8 Å². The van der Waals surface area contributed by atoms with Gasteiger partial charge in [0.2, 0.25) is 0 Å². The maximum Gasteiger partial charge on any atom is 0.265 e. The Bertz CT molecular complexity index is 2470. The minimum Gasteiger partial charge on any atom is -0.299 e. The average Bonchev–Trinajstić information content (AvgIpc) is 3.91. The third-order valence-electron chi connectivity index (χ3n) is 9.71. The van der Waals surface area contributed by atoms with E-state index < -0.39 is 15.6 Å². The van der Waals surface area contributed by atoms with Crippen LogP contribution in [-0.2, 0) is 15.6 Å². The summed E-state index contributed by atoms with van der Waals surface area (Å²) in [5.41, 5.74) is 7.95. The fraction of sp³-hybridized carbons (Fsp3) is 0.146. The van der Waals surface area contributed by atoms with Crippen molar-refractivity contribution in [2.45, 2.75) is 30.7 Å². The number of fused-ring (bicyclic) bond motifs is 1. The van der Waals surface area contributed by atoms with Crippen LogP contribution >= 0.6 is 11.3 Å². The Labute approximate surface area is 301 Å². The topological polar surface area (TPSA) is 85.4 Å². The fourth-order valence-corrected chi connectivity index (χ4v) is 9.27. The Balaban J connectivity index is 1.20. The van der Waals surface area contributed by atoms with Crippen LogP contribution in [0.15, 0.2) is 150 Å². The van der Waals surface area contributed by atoms with Gasteiger partial charge in [0.1, 0.15) is 11.2 Å². The summed E-state index contributed by atoms with van der Waals surface area (Å²) < 4.78 is 32.2.